The van der Waals surface area contributed by atoms with Crippen LogP contribution in [-0.4, -0.2) is 10.7 Å². The van der Waals surface area contributed by atoms with Gasteiger partial charge in [0.15, 0.2) is 0 Å². The highest BCUT2D eigenvalue weighted by molar-refractivity contribution is 7.80. The van der Waals surface area contributed by atoms with Gasteiger partial charge in [-0.15, -0.1) is 0 Å². The molecule has 0 spiro atoms. The van der Waals surface area contributed by atoms with Crippen molar-refractivity contribution < 1.29 is 0 Å². The van der Waals surface area contributed by atoms with Gasteiger partial charge < -0.3 is 4.98 Å². The topological polar surface area (TPSA) is 15.8 Å². The molecule has 0 bridgehead atoms. The molecule has 0 aliphatic heterocycles. The molecule has 2 rings (SSSR count). The second-order valence-electron chi connectivity index (χ2n) is 2.70. The van der Waals surface area contributed by atoms with Gasteiger partial charge in [-0.2, -0.15) is 12.6 Å². The van der Waals surface area contributed by atoms with Crippen molar-refractivity contribution in [1.82, 2.24) is 4.98 Å². The third-order valence-corrected chi connectivity index (χ3v) is 2.06. The molecule has 0 saturated heterocycles. The first-order valence-corrected chi connectivity index (χ1v) is 4.71. The minimum Gasteiger partial charge on any atom is -0.361 e. The van der Waals surface area contributed by atoms with Crippen molar-refractivity contribution in [2.24, 2.45) is 0 Å². The van der Waals surface area contributed by atoms with Gasteiger partial charge in [-0.3, -0.25) is 0 Å². The molecule has 1 heterocycles. The van der Waals surface area contributed by atoms with Gasteiger partial charge in [0.25, 0.3) is 0 Å². The molecule has 1 aromatic carbocycles. The lowest BCUT2D eigenvalue weighted by Gasteiger charge is -1.92. The molecule has 2 aromatic rings. The highest BCUT2D eigenvalue weighted by atomic mass is 32.1. The van der Waals surface area contributed by atoms with Crippen LogP contribution in [-0.2, 0) is 0 Å². The largest absolute Gasteiger partial charge is 0.361 e. The van der Waals surface area contributed by atoms with Crippen LogP contribution >= 0.6 is 12.6 Å². The first-order chi connectivity index (χ1) is 6.42. The van der Waals surface area contributed by atoms with Gasteiger partial charge in [-0.05, 0) is 18.2 Å². The lowest BCUT2D eigenvalue weighted by atomic mass is 10.1. The average molecular weight is 187 g/mol. The van der Waals surface area contributed by atoms with Gasteiger partial charge in [-0.25, -0.2) is 0 Å². The van der Waals surface area contributed by atoms with Crippen molar-refractivity contribution in [2.75, 3.05) is 5.75 Å². The highest BCUT2D eigenvalue weighted by Gasteiger charge is 1.96. The van der Waals surface area contributed by atoms with E-state index in [0.717, 1.165) is 11.1 Å². The summed E-state index contributed by atoms with van der Waals surface area (Å²) in [5.74, 6) is 6.62. The summed E-state index contributed by atoms with van der Waals surface area (Å²) < 4.78 is 0. The molecule has 0 radical (unpaired) electrons. The van der Waals surface area contributed by atoms with Crippen LogP contribution in [0.2, 0.25) is 0 Å². The van der Waals surface area contributed by atoms with E-state index in [9.17, 15) is 0 Å². The van der Waals surface area contributed by atoms with E-state index in [-0.39, 0.29) is 0 Å². The second kappa shape index (κ2) is 3.59. The molecule has 0 aliphatic carbocycles. The number of fused-ring (bicyclic) bond motifs is 1. The number of aromatic amines is 1. The Morgan fingerprint density at radius 2 is 2.23 bits per heavy atom. The summed E-state index contributed by atoms with van der Waals surface area (Å²) in [6.45, 7) is 0. The first-order valence-electron chi connectivity index (χ1n) is 4.07. The molecule has 0 amide bonds. The Bertz CT molecular complexity index is 473. The van der Waals surface area contributed by atoms with Crippen LogP contribution in [0.3, 0.4) is 0 Å². The summed E-state index contributed by atoms with van der Waals surface area (Å²) in [6, 6.07) is 8.10. The standard InChI is InChI=1S/C11H9NS/c13-8-2-4-9-3-1-5-11-10(9)6-7-12-11/h1,3,5-7,12-13H,8H2. The van der Waals surface area contributed by atoms with Crippen molar-refractivity contribution in [3.63, 3.8) is 0 Å². The lowest BCUT2D eigenvalue weighted by molar-refractivity contribution is 1.48. The van der Waals surface area contributed by atoms with E-state index >= 15 is 0 Å². The SMILES string of the molecule is SCC#Cc1cccc2[nH]ccc12. The highest BCUT2D eigenvalue weighted by Crippen LogP contribution is 2.15. The number of rotatable bonds is 0. The van der Waals surface area contributed by atoms with Crippen molar-refractivity contribution in [3.8, 4) is 11.8 Å². The van der Waals surface area contributed by atoms with E-state index < -0.39 is 0 Å². The Morgan fingerprint density at radius 3 is 3.08 bits per heavy atom. The van der Waals surface area contributed by atoms with Gasteiger partial charge in [-0.1, -0.05) is 17.9 Å². The first kappa shape index (κ1) is 8.28. The van der Waals surface area contributed by atoms with Gasteiger partial charge >= 0.3 is 0 Å². The molecule has 1 N–H and O–H groups in total. The third-order valence-electron chi connectivity index (χ3n) is 1.90. The Labute approximate surface area is 82.6 Å². The molecule has 0 saturated carbocycles. The van der Waals surface area contributed by atoms with Crippen LogP contribution in [0.15, 0.2) is 30.5 Å². The number of aromatic nitrogens is 1. The van der Waals surface area contributed by atoms with Gasteiger partial charge in [0.05, 0.1) is 5.75 Å². The van der Waals surface area contributed by atoms with Crippen LogP contribution < -0.4 is 0 Å². The predicted octanol–water partition coefficient (Wildman–Crippen LogP) is 2.45. The number of nitrogens with one attached hydrogen (secondary N) is 1. The minimum atomic E-state index is 0.598. The molecule has 0 aliphatic rings. The summed E-state index contributed by atoms with van der Waals surface area (Å²) in [4.78, 5) is 3.15. The van der Waals surface area contributed by atoms with Crippen molar-refractivity contribution in [2.45, 2.75) is 0 Å². The number of thiol groups is 1. The average Bonchev–Trinajstić information content (AvgIpc) is 2.62. The number of benzene rings is 1. The molecule has 1 aromatic heterocycles. The molecule has 0 unspecified atom stereocenters. The van der Waals surface area contributed by atoms with Gasteiger partial charge in [0, 0.05) is 22.7 Å². The van der Waals surface area contributed by atoms with E-state index in [4.69, 9.17) is 0 Å². The van der Waals surface area contributed by atoms with E-state index in [2.05, 4.69) is 29.5 Å². The quantitative estimate of drug-likeness (QED) is 0.465. The Hall–Kier alpha value is -1.33. The Morgan fingerprint density at radius 1 is 1.31 bits per heavy atom. The fourth-order valence-corrected chi connectivity index (χ4v) is 1.41. The van der Waals surface area contributed by atoms with Crippen LogP contribution in [0, 0.1) is 11.8 Å². The van der Waals surface area contributed by atoms with Crippen LogP contribution in [0.4, 0.5) is 0 Å². The zero-order chi connectivity index (χ0) is 9.10. The maximum Gasteiger partial charge on any atom is 0.0521 e. The fourth-order valence-electron chi connectivity index (χ4n) is 1.33. The molecule has 0 atom stereocenters. The molecule has 2 heteroatoms. The monoisotopic (exact) mass is 187 g/mol. The summed E-state index contributed by atoms with van der Waals surface area (Å²) in [5, 5.41) is 1.18. The summed E-state index contributed by atoms with van der Waals surface area (Å²) in [7, 11) is 0. The molecule has 0 fully saturated rings. The van der Waals surface area contributed by atoms with E-state index in [1.807, 2.05) is 30.5 Å². The molecule has 13 heavy (non-hydrogen) atoms. The number of hydrogen-bond acceptors (Lipinski definition) is 1. The van der Waals surface area contributed by atoms with Crippen molar-refractivity contribution >= 4 is 23.5 Å². The van der Waals surface area contributed by atoms with Crippen LogP contribution in [0.25, 0.3) is 10.9 Å². The second-order valence-corrected chi connectivity index (χ2v) is 3.02. The number of hydrogen-bond donors (Lipinski definition) is 2. The van der Waals surface area contributed by atoms with Gasteiger partial charge in [0.2, 0.25) is 0 Å². The minimum absolute atomic E-state index is 0.598. The maximum absolute atomic E-state index is 4.05. The predicted molar refractivity (Wildman–Crippen MR) is 59.0 cm³/mol. The third kappa shape index (κ3) is 1.56. The van der Waals surface area contributed by atoms with E-state index in [1.165, 1.54) is 5.39 Å². The zero-order valence-electron chi connectivity index (χ0n) is 7.04. The number of H-pyrrole nitrogens is 1. The van der Waals surface area contributed by atoms with E-state index in [1.54, 1.807) is 0 Å². The molecular formula is C11H9NS. The zero-order valence-corrected chi connectivity index (χ0v) is 7.94. The summed E-state index contributed by atoms with van der Waals surface area (Å²) in [5.41, 5.74) is 2.19. The summed E-state index contributed by atoms with van der Waals surface area (Å²) in [6.07, 6.45) is 1.93. The Kier molecular flexibility index (Phi) is 2.29. The molecular weight excluding hydrogens is 178 g/mol. The van der Waals surface area contributed by atoms with E-state index in [0.29, 0.717) is 5.75 Å². The fraction of sp³-hybridized carbons (Fsp3) is 0.0909. The molecule has 1 nitrogen and oxygen atoms in total. The van der Waals surface area contributed by atoms with Crippen molar-refractivity contribution in [3.05, 3.63) is 36.0 Å². The normalized spacial score (nSPS) is 9.62. The van der Waals surface area contributed by atoms with Crippen LogP contribution in [0.5, 0.6) is 0 Å². The smallest absolute Gasteiger partial charge is 0.0521 e. The maximum atomic E-state index is 4.05. The summed E-state index contributed by atoms with van der Waals surface area (Å²) >= 11 is 4.05. The van der Waals surface area contributed by atoms with Crippen molar-refractivity contribution in [1.29, 1.82) is 0 Å². The Balaban J connectivity index is 2.61. The molecule has 64 valence electrons. The van der Waals surface area contributed by atoms with Crippen LogP contribution in [0.1, 0.15) is 5.56 Å². The van der Waals surface area contributed by atoms with Gasteiger partial charge in [0.1, 0.15) is 0 Å². The lowest BCUT2D eigenvalue weighted by Crippen LogP contribution is -1.75.